The number of rotatable bonds is 8. The van der Waals surface area contributed by atoms with Gasteiger partial charge < -0.3 is 20.1 Å². The maximum atomic E-state index is 12.2. The second kappa shape index (κ2) is 10.8. The van der Waals surface area contributed by atoms with E-state index in [1.54, 1.807) is 30.3 Å². The van der Waals surface area contributed by atoms with Crippen molar-refractivity contribution in [1.82, 2.24) is 9.97 Å². The van der Waals surface area contributed by atoms with Crippen LogP contribution in [0, 0.1) is 0 Å². The average molecular weight is 541 g/mol. The molecule has 0 aliphatic carbocycles. The fourth-order valence-corrected chi connectivity index (χ4v) is 4.44. The highest BCUT2D eigenvalue weighted by molar-refractivity contribution is 7.90. The van der Waals surface area contributed by atoms with E-state index in [9.17, 15) is 13.2 Å². The van der Waals surface area contributed by atoms with Crippen molar-refractivity contribution < 1.29 is 22.7 Å². The van der Waals surface area contributed by atoms with Gasteiger partial charge in [-0.05, 0) is 78.9 Å². The fourth-order valence-electron chi connectivity index (χ4n) is 3.79. The number of para-hydroxylation sites is 1. The van der Waals surface area contributed by atoms with Crippen molar-refractivity contribution in [3.63, 3.8) is 0 Å². The van der Waals surface area contributed by atoms with E-state index in [0.717, 1.165) is 17.7 Å². The number of anilines is 4. The maximum absolute atomic E-state index is 12.2. The summed E-state index contributed by atoms with van der Waals surface area (Å²) >= 11 is 0. The molecular formula is C29H24N4O5S. The van der Waals surface area contributed by atoms with Crippen LogP contribution in [0.4, 0.5) is 23.1 Å². The number of benzene rings is 4. The Hall–Kier alpha value is -4.96. The molecule has 1 heterocycles. The van der Waals surface area contributed by atoms with Crippen molar-refractivity contribution in [1.29, 1.82) is 0 Å². The first kappa shape index (κ1) is 25.7. The zero-order valence-electron chi connectivity index (χ0n) is 21.1. The lowest BCUT2D eigenvalue weighted by atomic mass is 10.2. The van der Waals surface area contributed by atoms with Crippen molar-refractivity contribution in [3.8, 4) is 11.5 Å². The number of carbonyl (C=O) groups is 1. The lowest BCUT2D eigenvalue weighted by Crippen LogP contribution is -2.04. The van der Waals surface area contributed by atoms with Crippen LogP contribution in [0.5, 0.6) is 11.5 Å². The van der Waals surface area contributed by atoms with Crippen molar-refractivity contribution in [2.24, 2.45) is 0 Å². The maximum Gasteiger partial charge on any atom is 0.337 e. The van der Waals surface area contributed by atoms with Gasteiger partial charge in [-0.3, -0.25) is 0 Å². The summed E-state index contributed by atoms with van der Waals surface area (Å²) in [5.41, 5.74) is 2.31. The van der Waals surface area contributed by atoms with Crippen LogP contribution in [0.3, 0.4) is 0 Å². The molecule has 4 aromatic carbocycles. The lowest BCUT2D eigenvalue weighted by molar-refractivity contribution is 0.0600. The van der Waals surface area contributed by atoms with Crippen molar-refractivity contribution in [2.75, 3.05) is 24.0 Å². The Morgan fingerprint density at radius 3 is 2.08 bits per heavy atom. The Bertz CT molecular complexity index is 1740. The van der Waals surface area contributed by atoms with E-state index in [2.05, 4.69) is 20.6 Å². The molecule has 196 valence electrons. The largest absolute Gasteiger partial charge is 0.465 e. The van der Waals surface area contributed by atoms with E-state index >= 15 is 0 Å². The predicted molar refractivity (Wildman–Crippen MR) is 150 cm³/mol. The highest BCUT2D eigenvalue weighted by Gasteiger charge is 2.14. The third-order valence-electron chi connectivity index (χ3n) is 5.75. The monoisotopic (exact) mass is 540 g/mol. The van der Waals surface area contributed by atoms with Crippen LogP contribution in [0.1, 0.15) is 10.4 Å². The number of aromatic nitrogens is 2. The Morgan fingerprint density at radius 2 is 1.41 bits per heavy atom. The summed E-state index contributed by atoms with van der Waals surface area (Å²) in [6, 6.07) is 28.2. The number of ether oxygens (including phenoxy) is 2. The molecule has 9 nitrogen and oxygen atoms in total. The van der Waals surface area contributed by atoms with Crippen molar-refractivity contribution in [3.05, 3.63) is 103 Å². The predicted octanol–water partition coefficient (Wildman–Crippen LogP) is 6.10. The molecule has 10 heteroatoms. The van der Waals surface area contributed by atoms with E-state index in [0.29, 0.717) is 39.7 Å². The van der Waals surface area contributed by atoms with Crippen LogP contribution in [0.25, 0.3) is 10.9 Å². The Labute approximate surface area is 225 Å². The fraction of sp³-hybridized carbons (Fsp3) is 0.0690. The van der Waals surface area contributed by atoms with E-state index < -0.39 is 15.8 Å². The summed E-state index contributed by atoms with van der Waals surface area (Å²) in [5, 5.41) is 6.93. The molecule has 2 N–H and O–H groups in total. The summed E-state index contributed by atoms with van der Waals surface area (Å²) in [7, 11) is -2.13. The molecule has 0 bridgehead atoms. The number of hydrogen-bond acceptors (Lipinski definition) is 9. The summed E-state index contributed by atoms with van der Waals surface area (Å²) < 4.78 is 35.0. The molecule has 0 atom stereocenters. The zero-order chi connectivity index (χ0) is 27.4. The number of fused-ring (bicyclic) bond motifs is 1. The van der Waals surface area contributed by atoms with Crippen molar-refractivity contribution in [2.45, 2.75) is 4.90 Å². The average Bonchev–Trinajstić information content (AvgIpc) is 2.94. The number of esters is 1. The molecule has 0 unspecified atom stereocenters. The number of nitrogens with one attached hydrogen (secondary N) is 2. The van der Waals surface area contributed by atoms with Gasteiger partial charge in [-0.15, -0.1) is 0 Å². The molecule has 0 radical (unpaired) electrons. The molecule has 0 saturated carbocycles. The van der Waals surface area contributed by atoms with Gasteiger partial charge in [-0.1, -0.05) is 18.2 Å². The third kappa shape index (κ3) is 6.13. The SMILES string of the molecule is COC(=O)c1ccc(Nc2nc(Nc3ccc(Oc4ccccc4)cc3)nc3ccc(S(C)(=O)=O)cc23)cc1. The molecule has 1 aromatic heterocycles. The van der Waals surface area contributed by atoms with Gasteiger partial charge in [0.05, 0.1) is 23.1 Å². The number of sulfone groups is 1. The second-order valence-electron chi connectivity index (χ2n) is 8.61. The first-order valence-corrected chi connectivity index (χ1v) is 13.7. The molecule has 5 rings (SSSR count). The Kier molecular flexibility index (Phi) is 7.11. The van der Waals surface area contributed by atoms with Gasteiger partial charge in [0.1, 0.15) is 17.3 Å². The van der Waals surface area contributed by atoms with E-state index in [1.807, 2.05) is 54.6 Å². The molecule has 0 spiro atoms. The highest BCUT2D eigenvalue weighted by Crippen LogP contribution is 2.30. The normalized spacial score (nSPS) is 11.1. The third-order valence-corrected chi connectivity index (χ3v) is 6.86. The summed E-state index contributed by atoms with van der Waals surface area (Å²) in [6.45, 7) is 0. The van der Waals surface area contributed by atoms with Crippen LogP contribution in [0.2, 0.25) is 0 Å². The van der Waals surface area contributed by atoms with Crippen LogP contribution in [-0.4, -0.2) is 37.7 Å². The van der Waals surface area contributed by atoms with E-state index in [4.69, 9.17) is 9.47 Å². The standard InChI is InChI=1S/C29H24N4O5S/c1-37-28(34)19-8-10-20(11-9-19)30-27-25-18-24(39(2,35)36)16-17-26(25)32-29(33-27)31-21-12-14-23(15-13-21)38-22-6-4-3-5-7-22/h3-18H,1-2H3,(H2,30,31,32,33). The van der Waals surface area contributed by atoms with Gasteiger partial charge >= 0.3 is 5.97 Å². The van der Waals surface area contributed by atoms with Gasteiger partial charge in [0.25, 0.3) is 0 Å². The Morgan fingerprint density at radius 1 is 0.769 bits per heavy atom. The van der Waals surface area contributed by atoms with Crippen LogP contribution in [0.15, 0.2) is 102 Å². The van der Waals surface area contributed by atoms with E-state index in [1.165, 1.54) is 19.2 Å². The number of nitrogens with zero attached hydrogens (tertiary/aromatic N) is 2. The molecular weight excluding hydrogens is 516 g/mol. The molecule has 0 aliphatic rings. The summed E-state index contributed by atoms with van der Waals surface area (Å²) in [5.74, 6) is 1.67. The Balaban J connectivity index is 1.46. The van der Waals surface area contributed by atoms with Gasteiger partial charge in [0, 0.05) is 23.0 Å². The van der Waals surface area contributed by atoms with Crippen molar-refractivity contribution >= 4 is 49.9 Å². The molecule has 0 amide bonds. The van der Waals surface area contributed by atoms with Gasteiger partial charge in [-0.25, -0.2) is 18.2 Å². The zero-order valence-corrected chi connectivity index (χ0v) is 21.9. The van der Waals surface area contributed by atoms with Gasteiger partial charge in [0.15, 0.2) is 9.84 Å². The first-order chi connectivity index (χ1) is 18.8. The minimum Gasteiger partial charge on any atom is -0.465 e. The summed E-state index contributed by atoms with van der Waals surface area (Å²) in [6.07, 6.45) is 1.15. The quantitative estimate of drug-likeness (QED) is 0.225. The van der Waals surface area contributed by atoms with Gasteiger partial charge in [-0.2, -0.15) is 4.98 Å². The molecule has 0 aliphatic heterocycles. The van der Waals surface area contributed by atoms with Crippen LogP contribution < -0.4 is 15.4 Å². The van der Waals surface area contributed by atoms with E-state index in [-0.39, 0.29) is 4.90 Å². The number of carbonyl (C=O) groups excluding carboxylic acids is 1. The second-order valence-corrected chi connectivity index (χ2v) is 10.6. The molecule has 0 saturated heterocycles. The minimum absolute atomic E-state index is 0.150. The smallest absolute Gasteiger partial charge is 0.337 e. The number of methoxy groups -OCH3 is 1. The van der Waals surface area contributed by atoms with Crippen LogP contribution >= 0.6 is 0 Å². The summed E-state index contributed by atoms with van der Waals surface area (Å²) in [4.78, 5) is 21.1. The van der Waals surface area contributed by atoms with Crippen LogP contribution in [-0.2, 0) is 14.6 Å². The number of hydrogen-bond donors (Lipinski definition) is 2. The molecule has 39 heavy (non-hydrogen) atoms. The lowest BCUT2D eigenvalue weighted by Gasteiger charge is -2.13. The minimum atomic E-state index is -3.45. The topological polar surface area (TPSA) is 120 Å². The molecule has 0 fully saturated rings. The highest BCUT2D eigenvalue weighted by atomic mass is 32.2. The van der Waals surface area contributed by atoms with Gasteiger partial charge in [0.2, 0.25) is 5.95 Å². The molecule has 5 aromatic rings. The first-order valence-electron chi connectivity index (χ1n) is 11.9.